The van der Waals surface area contributed by atoms with Crippen molar-refractivity contribution in [3.05, 3.63) is 26.2 Å². The number of esters is 1. The highest BCUT2D eigenvalue weighted by Gasteiger charge is 2.36. The molecule has 9 heteroatoms. The predicted molar refractivity (Wildman–Crippen MR) is 106 cm³/mol. The topological polar surface area (TPSA) is 93.1 Å². The van der Waals surface area contributed by atoms with E-state index >= 15 is 0 Å². The molecular weight excluding hydrogens is 473 g/mol. The van der Waals surface area contributed by atoms with E-state index in [4.69, 9.17) is 9.47 Å². The SMILES string of the molecule is CCCCOC(=O)CN1C(=O)S/C(=C/c2cc(I)c(O)c(OC)c2)C1=O. The summed E-state index contributed by atoms with van der Waals surface area (Å²) in [5.74, 6) is -0.882. The molecule has 0 bridgehead atoms. The van der Waals surface area contributed by atoms with Gasteiger partial charge in [0.05, 0.1) is 22.2 Å². The van der Waals surface area contributed by atoms with Crippen LogP contribution in [0.2, 0.25) is 0 Å². The predicted octanol–water partition coefficient (Wildman–Crippen LogP) is 3.39. The van der Waals surface area contributed by atoms with Crippen molar-refractivity contribution in [2.24, 2.45) is 0 Å². The lowest BCUT2D eigenvalue weighted by Gasteiger charge is -2.11. The van der Waals surface area contributed by atoms with Gasteiger partial charge in [-0.1, -0.05) is 13.3 Å². The zero-order valence-corrected chi connectivity index (χ0v) is 17.3. The highest BCUT2D eigenvalue weighted by molar-refractivity contribution is 14.1. The zero-order valence-electron chi connectivity index (χ0n) is 14.3. The van der Waals surface area contributed by atoms with Crippen LogP contribution in [-0.2, 0) is 14.3 Å². The number of ether oxygens (including phenoxy) is 2. The fraction of sp³-hybridized carbons (Fsp3) is 0.353. The Bertz CT molecular complexity index is 764. The van der Waals surface area contributed by atoms with Crippen LogP contribution in [-0.4, -0.2) is 47.4 Å². The van der Waals surface area contributed by atoms with Gasteiger partial charge in [-0.2, -0.15) is 0 Å². The minimum atomic E-state index is -0.608. The van der Waals surface area contributed by atoms with Crippen molar-refractivity contribution < 1.29 is 29.0 Å². The number of nitrogens with zero attached hydrogens (tertiary/aromatic N) is 1. The summed E-state index contributed by atoms with van der Waals surface area (Å²) in [6.07, 6.45) is 3.14. The highest BCUT2D eigenvalue weighted by atomic mass is 127. The number of phenolic OH excluding ortho intramolecular Hbond substituents is 1. The molecule has 0 aliphatic carbocycles. The van der Waals surface area contributed by atoms with Crippen LogP contribution < -0.4 is 4.74 Å². The molecule has 0 spiro atoms. The van der Waals surface area contributed by atoms with Crippen molar-refractivity contribution in [1.29, 1.82) is 0 Å². The van der Waals surface area contributed by atoms with Gasteiger partial charge in [0.2, 0.25) is 0 Å². The lowest BCUT2D eigenvalue weighted by molar-refractivity contribution is -0.146. The summed E-state index contributed by atoms with van der Waals surface area (Å²) >= 11 is 2.70. The van der Waals surface area contributed by atoms with Gasteiger partial charge in [0.25, 0.3) is 11.1 Å². The first-order valence-electron chi connectivity index (χ1n) is 7.84. The number of benzene rings is 1. The third kappa shape index (κ3) is 4.91. The highest BCUT2D eigenvalue weighted by Crippen LogP contribution is 2.36. The quantitative estimate of drug-likeness (QED) is 0.271. The van der Waals surface area contributed by atoms with Crippen molar-refractivity contribution in [2.45, 2.75) is 19.8 Å². The van der Waals surface area contributed by atoms with Gasteiger partial charge in [-0.15, -0.1) is 0 Å². The Morgan fingerprint density at radius 2 is 2.12 bits per heavy atom. The van der Waals surface area contributed by atoms with Gasteiger partial charge in [0.15, 0.2) is 11.5 Å². The van der Waals surface area contributed by atoms with Crippen LogP contribution in [0, 0.1) is 3.57 Å². The molecule has 0 atom stereocenters. The Hall–Kier alpha value is -1.75. The average molecular weight is 491 g/mol. The molecule has 0 unspecified atom stereocenters. The van der Waals surface area contributed by atoms with Crippen LogP contribution in [0.5, 0.6) is 11.5 Å². The van der Waals surface area contributed by atoms with Gasteiger partial charge < -0.3 is 14.6 Å². The first kappa shape index (κ1) is 20.6. The monoisotopic (exact) mass is 491 g/mol. The van der Waals surface area contributed by atoms with E-state index < -0.39 is 23.7 Å². The minimum absolute atomic E-state index is 0.00757. The molecule has 2 rings (SSSR count). The third-order valence-corrected chi connectivity index (χ3v) is 5.22. The summed E-state index contributed by atoms with van der Waals surface area (Å²) in [5, 5.41) is 9.35. The largest absolute Gasteiger partial charge is 0.504 e. The van der Waals surface area contributed by atoms with E-state index in [1.807, 2.05) is 29.5 Å². The average Bonchev–Trinajstić information content (AvgIpc) is 2.85. The molecule has 0 radical (unpaired) electrons. The van der Waals surface area contributed by atoms with E-state index in [1.165, 1.54) is 13.2 Å². The molecule has 0 aromatic heterocycles. The number of halogens is 1. The number of thioether (sulfide) groups is 1. The maximum absolute atomic E-state index is 12.4. The Kier molecular flexibility index (Phi) is 7.33. The molecule has 1 saturated heterocycles. The van der Waals surface area contributed by atoms with E-state index in [2.05, 4.69) is 0 Å². The number of hydrogen-bond acceptors (Lipinski definition) is 7. The van der Waals surface area contributed by atoms with E-state index in [0.29, 0.717) is 9.13 Å². The second kappa shape index (κ2) is 9.26. The van der Waals surface area contributed by atoms with Crippen molar-refractivity contribution in [3.8, 4) is 11.5 Å². The van der Waals surface area contributed by atoms with Gasteiger partial charge in [-0.05, 0) is 64.5 Å². The van der Waals surface area contributed by atoms with Crippen LogP contribution >= 0.6 is 34.4 Å². The number of carbonyl (C=O) groups excluding carboxylic acids is 3. The molecule has 1 aliphatic rings. The van der Waals surface area contributed by atoms with Crippen LogP contribution in [0.1, 0.15) is 25.3 Å². The van der Waals surface area contributed by atoms with E-state index in [-0.39, 0.29) is 23.0 Å². The first-order valence-corrected chi connectivity index (χ1v) is 9.74. The number of methoxy groups -OCH3 is 1. The van der Waals surface area contributed by atoms with Gasteiger partial charge in [-0.25, -0.2) is 0 Å². The second-order valence-corrected chi connectivity index (χ2v) is 7.55. The number of amides is 2. The van der Waals surface area contributed by atoms with Crippen LogP contribution in [0.25, 0.3) is 6.08 Å². The van der Waals surface area contributed by atoms with Crippen molar-refractivity contribution >= 4 is 57.5 Å². The molecule has 2 amide bonds. The van der Waals surface area contributed by atoms with Crippen molar-refractivity contribution in [1.82, 2.24) is 4.90 Å². The number of phenols is 1. The lowest BCUT2D eigenvalue weighted by Crippen LogP contribution is -2.34. The van der Waals surface area contributed by atoms with E-state index in [0.717, 1.165) is 29.5 Å². The zero-order chi connectivity index (χ0) is 19.3. The molecule has 26 heavy (non-hydrogen) atoms. The smallest absolute Gasteiger partial charge is 0.326 e. The maximum Gasteiger partial charge on any atom is 0.326 e. The van der Waals surface area contributed by atoms with E-state index in [9.17, 15) is 19.5 Å². The Morgan fingerprint density at radius 3 is 2.77 bits per heavy atom. The molecule has 1 aromatic carbocycles. The fourth-order valence-corrected chi connectivity index (χ4v) is 3.59. The van der Waals surface area contributed by atoms with Crippen molar-refractivity contribution in [3.63, 3.8) is 0 Å². The van der Waals surface area contributed by atoms with Gasteiger partial charge in [0.1, 0.15) is 6.54 Å². The number of unbranched alkanes of at least 4 members (excludes halogenated alkanes) is 1. The van der Waals surface area contributed by atoms with Crippen LogP contribution in [0.3, 0.4) is 0 Å². The summed E-state index contributed by atoms with van der Waals surface area (Å²) in [6, 6.07) is 3.22. The fourth-order valence-electron chi connectivity index (χ4n) is 2.13. The summed E-state index contributed by atoms with van der Waals surface area (Å²) in [7, 11) is 1.42. The minimum Gasteiger partial charge on any atom is -0.504 e. The number of hydrogen-bond donors (Lipinski definition) is 1. The number of carbonyl (C=O) groups is 3. The van der Waals surface area contributed by atoms with Gasteiger partial charge in [0, 0.05) is 0 Å². The molecule has 1 aliphatic heterocycles. The van der Waals surface area contributed by atoms with Gasteiger partial charge in [-0.3, -0.25) is 19.3 Å². The van der Waals surface area contributed by atoms with E-state index in [1.54, 1.807) is 12.1 Å². The molecule has 1 fully saturated rings. The Labute approximate surface area is 168 Å². The molecule has 1 heterocycles. The second-order valence-electron chi connectivity index (χ2n) is 5.40. The number of aromatic hydroxyl groups is 1. The number of imide groups is 1. The summed E-state index contributed by atoms with van der Waals surface area (Å²) in [6.45, 7) is 1.84. The summed E-state index contributed by atoms with van der Waals surface area (Å²) in [5.41, 5.74) is 0.597. The summed E-state index contributed by atoms with van der Waals surface area (Å²) < 4.78 is 10.6. The molecule has 140 valence electrons. The van der Waals surface area contributed by atoms with Crippen LogP contribution in [0.15, 0.2) is 17.0 Å². The maximum atomic E-state index is 12.4. The molecule has 0 saturated carbocycles. The standard InChI is InChI=1S/C17H18INO6S/c1-3-4-5-25-14(20)9-19-16(22)13(26-17(19)23)8-10-6-11(18)15(21)12(7-10)24-2/h6-8,21H,3-5,9H2,1-2H3/b13-8+. The lowest BCUT2D eigenvalue weighted by atomic mass is 10.2. The third-order valence-electron chi connectivity index (χ3n) is 3.49. The molecule has 7 nitrogen and oxygen atoms in total. The number of rotatable bonds is 7. The van der Waals surface area contributed by atoms with Gasteiger partial charge >= 0.3 is 5.97 Å². The van der Waals surface area contributed by atoms with Crippen LogP contribution in [0.4, 0.5) is 4.79 Å². The molecular formula is C17H18INO6S. The Balaban J connectivity index is 2.14. The Morgan fingerprint density at radius 1 is 1.38 bits per heavy atom. The van der Waals surface area contributed by atoms with Crippen molar-refractivity contribution in [2.75, 3.05) is 20.3 Å². The normalized spacial score (nSPS) is 15.7. The summed E-state index contributed by atoms with van der Waals surface area (Å²) in [4.78, 5) is 37.3. The molecule has 1 N–H and O–H groups in total. The molecule has 1 aromatic rings. The first-order chi connectivity index (χ1) is 12.4.